The van der Waals surface area contributed by atoms with Crippen LogP contribution in [0.25, 0.3) is 22.3 Å². The first-order chi connectivity index (χ1) is 27.3. The summed E-state index contributed by atoms with van der Waals surface area (Å²) in [5, 5.41) is 10.2. The first-order valence-corrected chi connectivity index (χ1v) is 19.0. The van der Waals surface area contributed by atoms with Gasteiger partial charge in [0.2, 0.25) is 0 Å². The number of hydrogen-bond acceptors (Lipinski definition) is 11. The second-order valence-corrected chi connectivity index (χ2v) is 14.7. The normalized spacial score (nSPS) is 13.4. The molecular formula is C43H60N6O8. The number of benzene rings is 2. The zero-order valence-corrected chi connectivity index (χ0v) is 35.4. The average molecular weight is 789 g/mol. The molecule has 14 heteroatoms. The standard InChI is InChI=1S/C22H31N3O3.C20H27N3O3.CH2O2/c1-7-25-9-8-16-17(13-24(4)22(26)18(16)14-25)15-10-20(27-5)19(12-23(2)3)21(11-15)28-6;1-22(2)11-17-18(25-4)8-13(9-19(17)26-5)16-12-23(3)20(24)15-10-21-7-6-14(15)16;2-1-3/h10-11,13H,7-9,12,14H2,1-6H3;8-9,12,21H,6-7,10-11H2,1-5H3;1H,(H,2,3). The van der Waals surface area contributed by atoms with Crippen LogP contribution in [0, 0.1) is 0 Å². The summed E-state index contributed by atoms with van der Waals surface area (Å²) in [7, 11) is 18.4. The average Bonchev–Trinajstić information content (AvgIpc) is 3.20. The molecule has 0 amide bonds. The molecule has 0 unspecified atom stereocenters. The topological polar surface area (TPSA) is 140 Å². The lowest BCUT2D eigenvalue weighted by atomic mass is 9.91. The Morgan fingerprint density at radius 3 is 1.49 bits per heavy atom. The molecule has 6 rings (SSSR count). The summed E-state index contributed by atoms with van der Waals surface area (Å²) in [5.74, 6) is 3.20. The second-order valence-electron chi connectivity index (χ2n) is 14.7. The third-order valence-corrected chi connectivity index (χ3v) is 10.3. The molecule has 4 heterocycles. The van der Waals surface area contributed by atoms with Crippen molar-refractivity contribution in [2.45, 2.75) is 45.9 Å². The van der Waals surface area contributed by atoms with Crippen molar-refractivity contribution >= 4 is 6.47 Å². The van der Waals surface area contributed by atoms with Gasteiger partial charge in [-0.15, -0.1) is 0 Å². The maximum absolute atomic E-state index is 12.8. The Bertz CT molecular complexity index is 2090. The van der Waals surface area contributed by atoms with Crippen LogP contribution in [0.1, 0.15) is 40.3 Å². The number of fused-ring (bicyclic) bond motifs is 2. The molecule has 2 aliphatic rings. The van der Waals surface area contributed by atoms with Gasteiger partial charge in [-0.2, -0.15) is 0 Å². The van der Waals surface area contributed by atoms with E-state index in [1.54, 1.807) is 44.6 Å². The fraction of sp³-hybridized carbons (Fsp3) is 0.465. The van der Waals surface area contributed by atoms with Gasteiger partial charge in [0.15, 0.2) is 0 Å². The Kier molecular flexibility index (Phi) is 15.9. The van der Waals surface area contributed by atoms with Crippen molar-refractivity contribution in [3.05, 3.63) is 90.7 Å². The maximum Gasteiger partial charge on any atom is 0.290 e. The summed E-state index contributed by atoms with van der Waals surface area (Å²) in [4.78, 5) is 40.1. The number of carboxylic acid groups (broad SMARTS) is 1. The fourth-order valence-corrected chi connectivity index (χ4v) is 7.58. The number of nitrogens with one attached hydrogen (secondary N) is 1. The van der Waals surface area contributed by atoms with Crippen LogP contribution in [0.5, 0.6) is 23.0 Å². The predicted molar refractivity (Wildman–Crippen MR) is 224 cm³/mol. The predicted octanol–water partition coefficient (Wildman–Crippen LogP) is 3.99. The maximum atomic E-state index is 12.8. The number of aromatic nitrogens is 2. The molecule has 2 aromatic heterocycles. The summed E-state index contributed by atoms with van der Waals surface area (Å²) in [6.45, 7) is 7.45. The minimum Gasteiger partial charge on any atom is -0.496 e. The Morgan fingerprint density at radius 2 is 1.11 bits per heavy atom. The van der Waals surface area contributed by atoms with Gasteiger partial charge in [0.1, 0.15) is 23.0 Å². The van der Waals surface area contributed by atoms with Crippen molar-refractivity contribution in [3.63, 3.8) is 0 Å². The van der Waals surface area contributed by atoms with Crippen LogP contribution >= 0.6 is 0 Å². The Balaban J connectivity index is 0.000000237. The highest BCUT2D eigenvalue weighted by Gasteiger charge is 2.25. The van der Waals surface area contributed by atoms with Gasteiger partial charge in [-0.25, -0.2) is 0 Å². The van der Waals surface area contributed by atoms with E-state index in [1.807, 2.05) is 59.8 Å². The third kappa shape index (κ3) is 10.2. The van der Waals surface area contributed by atoms with Gasteiger partial charge < -0.3 is 48.3 Å². The van der Waals surface area contributed by atoms with E-state index in [4.69, 9.17) is 28.8 Å². The van der Waals surface area contributed by atoms with Crippen molar-refractivity contribution < 1.29 is 28.8 Å². The van der Waals surface area contributed by atoms with Gasteiger partial charge >= 0.3 is 0 Å². The molecule has 0 atom stereocenters. The molecular weight excluding hydrogens is 729 g/mol. The number of methoxy groups -OCH3 is 4. The van der Waals surface area contributed by atoms with Crippen LogP contribution in [0.4, 0.5) is 0 Å². The number of hydrogen-bond donors (Lipinski definition) is 2. The Labute approximate surface area is 336 Å². The zero-order valence-electron chi connectivity index (χ0n) is 35.4. The highest BCUT2D eigenvalue weighted by molar-refractivity contribution is 5.74. The van der Waals surface area contributed by atoms with Crippen LogP contribution < -0.4 is 35.4 Å². The van der Waals surface area contributed by atoms with E-state index < -0.39 is 0 Å². The van der Waals surface area contributed by atoms with Crippen molar-refractivity contribution in [3.8, 4) is 45.3 Å². The number of pyridine rings is 2. The number of ether oxygens (including phenoxy) is 4. The van der Waals surface area contributed by atoms with Crippen LogP contribution in [-0.4, -0.2) is 112 Å². The second kappa shape index (κ2) is 20.3. The molecule has 0 radical (unpaired) electrons. The van der Waals surface area contributed by atoms with Crippen LogP contribution in [0.2, 0.25) is 0 Å². The molecule has 2 aromatic carbocycles. The Hall–Kier alpha value is -5.15. The van der Waals surface area contributed by atoms with Crippen molar-refractivity contribution in [1.29, 1.82) is 0 Å². The van der Waals surface area contributed by atoms with Gasteiger partial charge in [0.05, 0.1) is 39.6 Å². The summed E-state index contributed by atoms with van der Waals surface area (Å²) >= 11 is 0. The van der Waals surface area contributed by atoms with Crippen molar-refractivity contribution in [2.24, 2.45) is 14.1 Å². The quantitative estimate of drug-likeness (QED) is 0.213. The van der Waals surface area contributed by atoms with E-state index >= 15 is 0 Å². The third-order valence-electron chi connectivity index (χ3n) is 10.3. The molecule has 4 aromatic rings. The van der Waals surface area contributed by atoms with Crippen LogP contribution in [-0.2, 0) is 57.9 Å². The van der Waals surface area contributed by atoms with Gasteiger partial charge in [-0.05, 0) is 101 Å². The minimum atomic E-state index is -0.250. The summed E-state index contributed by atoms with van der Waals surface area (Å²) < 4.78 is 26.1. The van der Waals surface area contributed by atoms with Gasteiger partial charge in [-0.3, -0.25) is 19.3 Å². The summed E-state index contributed by atoms with van der Waals surface area (Å²) in [6, 6.07) is 8.22. The largest absolute Gasteiger partial charge is 0.496 e. The van der Waals surface area contributed by atoms with Crippen molar-refractivity contribution in [1.82, 2.24) is 29.2 Å². The lowest BCUT2D eigenvalue weighted by Gasteiger charge is -2.29. The number of likely N-dealkylation sites (N-methyl/N-ethyl adjacent to an activating group) is 1. The molecule has 0 saturated heterocycles. The van der Waals surface area contributed by atoms with E-state index in [2.05, 4.69) is 39.1 Å². The molecule has 0 aliphatic carbocycles. The van der Waals surface area contributed by atoms with Crippen LogP contribution in [0.3, 0.4) is 0 Å². The van der Waals surface area contributed by atoms with Gasteiger partial charge in [0.25, 0.3) is 17.6 Å². The highest BCUT2D eigenvalue weighted by Crippen LogP contribution is 2.39. The lowest BCUT2D eigenvalue weighted by Crippen LogP contribution is -2.36. The van der Waals surface area contributed by atoms with E-state index in [-0.39, 0.29) is 17.6 Å². The first kappa shape index (κ1) is 44.6. The summed E-state index contributed by atoms with van der Waals surface area (Å²) in [6.07, 6.45) is 5.58. The van der Waals surface area contributed by atoms with E-state index in [1.165, 1.54) is 0 Å². The zero-order chi connectivity index (χ0) is 42.0. The number of rotatable bonds is 11. The number of aryl methyl sites for hydroxylation is 2. The molecule has 57 heavy (non-hydrogen) atoms. The van der Waals surface area contributed by atoms with Crippen LogP contribution in [0.15, 0.2) is 46.2 Å². The smallest absolute Gasteiger partial charge is 0.290 e. The number of nitrogens with zero attached hydrogens (tertiary/aromatic N) is 5. The number of carbonyl (C=O) groups is 1. The summed E-state index contributed by atoms with van der Waals surface area (Å²) in [5.41, 5.74) is 10.4. The van der Waals surface area contributed by atoms with E-state index in [0.29, 0.717) is 13.1 Å². The van der Waals surface area contributed by atoms with E-state index in [0.717, 1.165) is 124 Å². The highest BCUT2D eigenvalue weighted by atomic mass is 16.5. The molecule has 0 fully saturated rings. The Morgan fingerprint density at radius 1 is 0.702 bits per heavy atom. The van der Waals surface area contributed by atoms with Crippen molar-refractivity contribution in [2.75, 3.05) is 76.3 Å². The van der Waals surface area contributed by atoms with Gasteiger partial charge in [0, 0.05) is 81.5 Å². The molecule has 14 nitrogen and oxygen atoms in total. The lowest BCUT2D eigenvalue weighted by molar-refractivity contribution is -0.122. The molecule has 310 valence electrons. The van der Waals surface area contributed by atoms with Gasteiger partial charge in [-0.1, -0.05) is 6.92 Å². The monoisotopic (exact) mass is 788 g/mol. The SMILES string of the molecule is CCN1CCc2c(-c3cc(OC)c(CN(C)C)c(OC)c3)cn(C)c(=O)c2C1.COc1cc(-c2cn(C)c(=O)c3c2CCNC3)cc(OC)c1CN(C)C.O=CO. The molecule has 0 spiro atoms. The molecule has 0 saturated carbocycles. The molecule has 2 N–H and O–H groups in total. The first-order valence-electron chi connectivity index (χ1n) is 19.0. The van der Waals surface area contributed by atoms with E-state index in [9.17, 15) is 9.59 Å². The molecule has 2 aliphatic heterocycles. The minimum absolute atomic E-state index is 0.0686. The fourth-order valence-electron chi connectivity index (χ4n) is 7.58. The molecule has 0 bridgehead atoms.